The van der Waals surface area contributed by atoms with Gasteiger partial charge in [-0.1, -0.05) is 29.1 Å². The maximum absolute atomic E-state index is 11.3. The van der Waals surface area contributed by atoms with Crippen molar-refractivity contribution in [3.63, 3.8) is 0 Å². The average molecular weight is 346 g/mol. The molecule has 0 aliphatic carbocycles. The smallest absolute Gasteiger partial charge is 0.317 e. The van der Waals surface area contributed by atoms with Crippen molar-refractivity contribution in [3.05, 3.63) is 50.4 Å². The van der Waals surface area contributed by atoms with Crippen LogP contribution in [0.15, 0.2) is 29.4 Å². The molecular formula is C16H18N4O5. The minimum Gasteiger partial charge on any atom is -0.468 e. The zero-order chi connectivity index (χ0) is 18.7. The molecule has 2 atom stereocenters. The van der Waals surface area contributed by atoms with Gasteiger partial charge >= 0.3 is 5.97 Å². The number of hydrogen-bond acceptors (Lipinski definition) is 6. The van der Waals surface area contributed by atoms with E-state index in [-0.39, 0.29) is 25.3 Å². The number of ether oxygens (including phenoxy) is 2. The highest BCUT2D eigenvalue weighted by molar-refractivity contribution is 5.72. The number of nitrogens with zero attached hydrogens (tertiary/aromatic N) is 4. The van der Waals surface area contributed by atoms with Gasteiger partial charge in [0.05, 0.1) is 24.2 Å². The Bertz CT molecular complexity index is 719. The zero-order valence-corrected chi connectivity index (χ0v) is 13.9. The van der Waals surface area contributed by atoms with Gasteiger partial charge < -0.3 is 9.47 Å². The van der Waals surface area contributed by atoms with Gasteiger partial charge in [0.1, 0.15) is 12.5 Å². The molecular weight excluding hydrogens is 328 g/mol. The summed E-state index contributed by atoms with van der Waals surface area (Å²) in [5, 5.41) is 14.6. The molecule has 1 rings (SSSR count). The Morgan fingerprint density at radius 2 is 2.20 bits per heavy atom. The maximum Gasteiger partial charge on any atom is 0.317 e. The minimum absolute atomic E-state index is 0.0802. The molecule has 9 nitrogen and oxygen atoms in total. The predicted molar refractivity (Wildman–Crippen MR) is 89.4 cm³/mol. The number of rotatable bonds is 8. The van der Waals surface area contributed by atoms with Crippen molar-refractivity contribution in [1.29, 1.82) is 0 Å². The average Bonchev–Trinajstić information content (AvgIpc) is 2.61. The van der Waals surface area contributed by atoms with Crippen LogP contribution in [0.5, 0.6) is 0 Å². The van der Waals surface area contributed by atoms with Gasteiger partial charge in [-0.15, -0.1) is 0 Å². The maximum atomic E-state index is 11.3. The molecule has 25 heavy (non-hydrogen) atoms. The standard InChI is InChI=1S/C16H18N4O5/c1-12(6-5-9-15(21)24-2)16(25-11-10-18-19-17)13-7-3-4-8-14(13)20(22)23/h3-4,7-8,12,16H,9-11H2,1-2H3/t12-,16+/m0/s1. The molecule has 0 amide bonds. The van der Waals surface area contributed by atoms with E-state index in [0.29, 0.717) is 5.56 Å². The fourth-order valence-electron chi connectivity index (χ4n) is 2.10. The molecule has 1 aromatic rings. The summed E-state index contributed by atoms with van der Waals surface area (Å²) >= 11 is 0. The first kappa shape index (κ1) is 20.0. The van der Waals surface area contributed by atoms with Crippen LogP contribution >= 0.6 is 0 Å². The third-order valence-electron chi connectivity index (χ3n) is 3.24. The first-order valence-electron chi connectivity index (χ1n) is 7.42. The van der Waals surface area contributed by atoms with E-state index in [1.54, 1.807) is 25.1 Å². The number of hydrogen-bond donors (Lipinski definition) is 0. The summed E-state index contributed by atoms with van der Waals surface area (Å²) in [6, 6.07) is 6.20. The number of benzene rings is 1. The topological polar surface area (TPSA) is 127 Å². The quantitative estimate of drug-likeness (QED) is 0.104. The molecule has 0 bridgehead atoms. The van der Waals surface area contributed by atoms with Gasteiger partial charge in [0.2, 0.25) is 0 Å². The number of carbonyl (C=O) groups excluding carboxylic acids is 1. The molecule has 0 spiro atoms. The first-order chi connectivity index (χ1) is 12.0. The van der Waals surface area contributed by atoms with Crippen LogP contribution in [-0.4, -0.2) is 31.2 Å². The predicted octanol–water partition coefficient (Wildman–Crippen LogP) is 3.17. The van der Waals surface area contributed by atoms with Gasteiger partial charge in [-0.3, -0.25) is 14.9 Å². The molecule has 0 saturated heterocycles. The minimum atomic E-state index is -0.708. The van der Waals surface area contributed by atoms with E-state index < -0.39 is 22.9 Å². The Kier molecular flexibility index (Phi) is 8.50. The number of esters is 1. The third kappa shape index (κ3) is 6.51. The van der Waals surface area contributed by atoms with Crippen molar-refractivity contribution in [2.24, 2.45) is 11.0 Å². The second-order valence-electron chi connectivity index (χ2n) is 4.92. The van der Waals surface area contributed by atoms with E-state index in [1.165, 1.54) is 13.2 Å². The van der Waals surface area contributed by atoms with E-state index in [9.17, 15) is 14.9 Å². The van der Waals surface area contributed by atoms with Gasteiger partial charge in [-0.25, -0.2) is 0 Å². The fourth-order valence-corrected chi connectivity index (χ4v) is 2.10. The second-order valence-corrected chi connectivity index (χ2v) is 4.92. The summed E-state index contributed by atoms with van der Waals surface area (Å²) in [5.74, 6) is 4.63. The number of nitro benzene ring substituents is 1. The largest absolute Gasteiger partial charge is 0.468 e. The van der Waals surface area contributed by atoms with E-state index in [2.05, 4.69) is 26.6 Å². The van der Waals surface area contributed by atoms with E-state index in [1.807, 2.05) is 0 Å². The Morgan fingerprint density at radius 3 is 2.84 bits per heavy atom. The lowest BCUT2D eigenvalue weighted by molar-refractivity contribution is -0.386. The SMILES string of the molecule is COC(=O)CC#C[C@H](C)[C@@H](OCCN=[N+]=[N-])c1ccccc1[N+](=O)[O-]. The van der Waals surface area contributed by atoms with Crippen LogP contribution in [0.2, 0.25) is 0 Å². The molecule has 0 aliphatic rings. The summed E-state index contributed by atoms with van der Waals surface area (Å²) in [5.41, 5.74) is 8.60. The highest BCUT2D eigenvalue weighted by atomic mass is 16.6. The van der Waals surface area contributed by atoms with E-state index in [0.717, 1.165) is 0 Å². The molecule has 9 heteroatoms. The molecule has 0 radical (unpaired) electrons. The Hall–Kier alpha value is -3.08. The third-order valence-corrected chi connectivity index (χ3v) is 3.24. The second kappa shape index (κ2) is 10.6. The highest BCUT2D eigenvalue weighted by Gasteiger charge is 2.26. The molecule has 0 aliphatic heterocycles. The van der Waals surface area contributed by atoms with Crippen LogP contribution in [0.3, 0.4) is 0 Å². The van der Waals surface area contributed by atoms with Crippen LogP contribution < -0.4 is 0 Å². The van der Waals surface area contributed by atoms with Gasteiger partial charge in [0, 0.05) is 23.4 Å². The molecule has 0 fully saturated rings. The van der Waals surface area contributed by atoms with Crippen LogP contribution in [0, 0.1) is 27.9 Å². The summed E-state index contributed by atoms with van der Waals surface area (Å²) in [6.07, 6.45) is -0.788. The number of nitro groups is 1. The number of methoxy groups -OCH3 is 1. The van der Waals surface area contributed by atoms with E-state index in [4.69, 9.17) is 10.3 Å². The number of para-hydroxylation sites is 1. The lowest BCUT2D eigenvalue weighted by atomic mass is 9.96. The zero-order valence-electron chi connectivity index (χ0n) is 13.9. The lowest BCUT2D eigenvalue weighted by Gasteiger charge is -2.21. The fraction of sp³-hybridized carbons (Fsp3) is 0.438. The van der Waals surface area contributed by atoms with Crippen LogP contribution in [0.25, 0.3) is 10.4 Å². The number of azide groups is 1. The van der Waals surface area contributed by atoms with Gasteiger partial charge in [-0.05, 0) is 18.5 Å². The Labute approximate surface area is 144 Å². The Morgan fingerprint density at radius 1 is 1.48 bits per heavy atom. The highest BCUT2D eigenvalue weighted by Crippen LogP contribution is 2.32. The normalized spacial score (nSPS) is 12.1. The lowest BCUT2D eigenvalue weighted by Crippen LogP contribution is -2.16. The molecule has 0 unspecified atom stereocenters. The summed E-state index contributed by atoms with van der Waals surface area (Å²) in [7, 11) is 1.27. The monoisotopic (exact) mass is 346 g/mol. The van der Waals surface area contributed by atoms with Gasteiger partial charge in [0.15, 0.2) is 0 Å². The van der Waals surface area contributed by atoms with Crippen molar-refractivity contribution in [2.75, 3.05) is 20.3 Å². The summed E-state index contributed by atoms with van der Waals surface area (Å²) in [4.78, 5) is 24.5. The molecule has 0 N–H and O–H groups in total. The van der Waals surface area contributed by atoms with Crippen LogP contribution in [0.1, 0.15) is 25.0 Å². The molecule has 0 aromatic heterocycles. The molecule has 1 aromatic carbocycles. The van der Waals surface area contributed by atoms with Crippen molar-refractivity contribution in [2.45, 2.75) is 19.4 Å². The summed E-state index contributed by atoms with van der Waals surface area (Å²) in [6.45, 7) is 1.92. The van der Waals surface area contributed by atoms with E-state index >= 15 is 0 Å². The van der Waals surface area contributed by atoms with Crippen molar-refractivity contribution in [1.82, 2.24) is 0 Å². The Balaban J connectivity index is 3.05. The molecule has 132 valence electrons. The van der Waals surface area contributed by atoms with Crippen molar-refractivity contribution < 1.29 is 19.2 Å². The van der Waals surface area contributed by atoms with Gasteiger partial charge in [0.25, 0.3) is 5.69 Å². The molecule has 0 saturated carbocycles. The van der Waals surface area contributed by atoms with Crippen LogP contribution in [-0.2, 0) is 14.3 Å². The van der Waals surface area contributed by atoms with Crippen molar-refractivity contribution >= 4 is 11.7 Å². The van der Waals surface area contributed by atoms with Crippen LogP contribution in [0.4, 0.5) is 5.69 Å². The first-order valence-corrected chi connectivity index (χ1v) is 7.42. The summed E-state index contributed by atoms with van der Waals surface area (Å²) < 4.78 is 10.2. The van der Waals surface area contributed by atoms with Crippen molar-refractivity contribution in [3.8, 4) is 11.8 Å². The van der Waals surface area contributed by atoms with Gasteiger partial charge in [-0.2, -0.15) is 0 Å². The number of carbonyl (C=O) groups is 1. The molecule has 0 heterocycles.